The van der Waals surface area contributed by atoms with Crippen molar-refractivity contribution in [1.82, 2.24) is 14.9 Å². The molecule has 1 aromatic heterocycles. The molecule has 0 bridgehead atoms. The molecule has 0 fully saturated rings. The largest absolute Gasteiger partial charge is 0.340 e. The third-order valence-electron chi connectivity index (χ3n) is 2.43. The fourth-order valence-corrected chi connectivity index (χ4v) is 2.65. The van der Waals surface area contributed by atoms with Gasteiger partial charge in [-0.3, -0.25) is 0 Å². The Morgan fingerprint density at radius 3 is 2.58 bits per heavy atom. The van der Waals surface area contributed by atoms with Crippen molar-refractivity contribution < 1.29 is 12.9 Å². The van der Waals surface area contributed by atoms with E-state index in [1.165, 1.54) is 18.5 Å². The highest BCUT2D eigenvalue weighted by Gasteiger charge is 2.13. The summed E-state index contributed by atoms with van der Waals surface area (Å²) in [6.07, 6.45) is 1.62. The molecule has 0 atom stereocenters. The van der Waals surface area contributed by atoms with Gasteiger partial charge in [-0.15, -0.1) is 11.6 Å². The number of sulfonamides is 1. The van der Waals surface area contributed by atoms with Crippen molar-refractivity contribution >= 4 is 21.6 Å². The molecule has 0 aliphatic carbocycles. The van der Waals surface area contributed by atoms with E-state index in [4.69, 9.17) is 16.1 Å². The van der Waals surface area contributed by atoms with E-state index in [-0.39, 0.29) is 11.4 Å². The molecule has 2 rings (SSSR count). The van der Waals surface area contributed by atoms with Crippen LogP contribution in [0.1, 0.15) is 11.5 Å². The smallest absolute Gasteiger partial charge is 0.240 e. The van der Waals surface area contributed by atoms with Gasteiger partial charge in [-0.05, 0) is 17.7 Å². The molecule has 0 aliphatic heterocycles. The van der Waals surface area contributed by atoms with E-state index < -0.39 is 10.0 Å². The number of rotatable bonds is 6. The fraction of sp³-hybridized carbons (Fsp3) is 0.273. The van der Waals surface area contributed by atoms with Crippen molar-refractivity contribution in [3.63, 3.8) is 0 Å². The minimum atomic E-state index is -3.52. The zero-order chi connectivity index (χ0) is 13.7. The highest BCUT2D eigenvalue weighted by molar-refractivity contribution is 7.89. The van der Waals surface area contributed by atoms with Crippen LogP contribution in [0.4, 0.5) is 0 Å². The lowest BCUT2D eigenvalue weighted by Gasteiger charge is -2.06. The quantitative estimate of drug-likeness (QED) is 0.814. The maximum Gasteiger partial charge on any atom is 0.240 e. The number of nitrogens with one attached hydrogen (secondary N) is 1. The third-order valence-corrected chi connectivity index (χ3v) is 4.21. The molecule has 102 valence electrons. The monoisotopic (exact) mass is 301 g/mol. The van der Waals surface area contributed by atoms with Gasteiger partial charge in [0.15, 0.2) is 6.33 Å². The van der Waals surface area contributed by atoms with Crippen molar-refractivity contribution in [1.29, 1.82) is 0 Å². The number of alkyl halides is 1. The van der Waals surface area contributed by atoms with Crippen LogP contribution in [0, 0.1) is 0 Å². The zero-order valence-electron chi connectivity index (χ0n) is 9.91. The fourth-order valence-electron chi connectivity index (χ4n) is 1.44. The average Bonchev–Trinajstić information content (AvgIpc) is 2.92. The van der Waals surface area contributed by atoms with Crippen molar-refractivity contribution in [2.24, 2.45) is 0 Å². The molecule has 0 saturated carbocycles. The van der Waals surface area contributed by atoms with E-state index in [2.05, 4.69) is 14.9 Å². The summed E-state index contributed by atoms with van der Waals surface area (Å²) in [6.45, 7) is 0.196. The van der Waals surface area contributed by atoms with E-state index in [0.717, 1.165) is 5.56 Å². The number of benzene rings is 1. The second kappa shape index (κ2) is 6.14. The molecule has 8 heteroatoms. The van der Waals surface area contributed by atoms with Crippen LogP contribution in [-0.4, -0.2) is 25.1 Å². The molecule has 0 radical (unpaired) electrons. The van der Waals surface area contributed by atoms with Crippen LogP contribution in [0.2, 0.25) is 0 Å². The summed E-state index contributed by atoms with van der Waals surface area (Å²) in [5.41, 5.74) is 0.867. The Balaban J connectivity index is 1.97. The maximum absolute atomic E-state index is 11.9. The van der Waals surface area contributed by atoms with Gasteiger partial charge in [0, 0.05) is 18.8 Å². The van der Waals surface area contributed by atoms with Gasteiger partial charge in [0.25, 0.3) is 0 Å². The van der Waals surface area contributed by atoms with Gasteiger partial charge in [-0.2, -0.15) is 4.98 Å². The summed E-state index contributed by atoms with van der Waals surface area (Å²) in [7, 11) is -3.52. The number of hydrogen-bond acceptors (Lipinski definition) is 5. The molecule has 0 aliphatic rings. The van der Waals surface area contributed by atoms with E-state index in [9.17, 15) is 8.42 Å². The van der Waals surface area contributed by atoms with E-state index in [1.807, 2.05) is 0 Å². The van der Waals surface area contributed by atoms with Gasteiger partial charge >= 0.3 is 0 Å². The molecule has 0 spiro atoms. The molecule has 1 aromatic carbocycles. The van der Waals surface area contributed by atoms with Gasteiger partial charge in [-0.1, -0.05) is 17.3 Å². The van der Waals surface area contributed by atoms with Gasteiger partial charge in [-0.25, -0.2) is 13.1 Å². The Kier molecular flexibility index (Phi) is 4.52. The number of aromatic nitrogens is 2. The van der Waals surface area contributed by atoms with Crippen LogP contribution in [0.15, 0.2) is 40.0 Å². The molecular weight excluding hydrogens is 290 g/mol. The van der Waals surface area contributed by atoms with Crippen molar-refractivity contribution in [3.8, 4) is 0 Å². The Bertz CT molecular complexity index is 611. The lowest BCUT2D eigenvalue weighted by atomic mass is 10.2. The van der Waals surface area contributed by atoms with E-state index >= 15 is 0 Å². The first-order valence-corrected chi connectivity index (χ1v) is 7.54. The normalized spacial score (nSPS) is 11.6. The van der Waals surface area contributed by atoms with Crippen molar-refractivity contribution in [2.75, 3.05) is 6.54 Å². The van der Waals surface area contributed by atoms with Crippen LogP contribution in [0.25, 0.3) is 0 Å². The third kappa shape index (κ3) is 3.76. The summed E-state index contributed by atoms with van der Waals surface area (Å²) in [5.74, 6) is 0.741. The van der Waals surface area contributed by atoms with E-state index in [1.54, 1.807) is 12.1 Å². The minimum absolute atomic E-state index is 0.196. The average molecular weight is 302 g/mol. The Hall–Kier alpha value is -1.44. The predicted molar refractivity (Wildman–Crippen MR) is 69.2 cm³/mol. The van der Waals surface area contributed by atoms with Crippen molar-refractivity contribution in [3.05, 3.63) is 42.0 Å². The maximum atomic E-state index is 11.9. The Morgan fingerprint density at radius 2 is 2.00 bits per heavy atom. The minimum Gasteiger partial charge on any atom is -0.340 e. The molecule has 1 N–H and O–H groups in total. The van der Waals surface area contributed by atoms with Crippen LogP contribution in [-0.2, 0) is 22.3 Å². The number of nitrogens with zero attached hydrogens (tertiary/aromatic N) is 2. The summed E-state index contributed by atoms with van der Waals surface area (Å²) >= 11 is 5.65. The molecule has 19 heavy (non-hydrogen) atoms. The molecular formula is C11H12ClN3O3S. The molecule has 2 aromatic rings. The molecule has 0 unspecified atom stereocenters. The molecule has 6 nitrogen and oxygen atoms in total. The van der Waals surface area contributed by atoms with E-state index in [0.29, 0.717) is 18.2 Å². The second-order valence-corrected chi connectivity index (χ2v) is 5.79. The first kappa shape index (κ1) is 14.0. The summed E-state index contributed by atoms with van der Waals surface area (Å²) in [4.78, 5) is 4.00. The second-order valence-electron chi connectivity index (χ2n) is 3.76. The molecule has 1 heterocycles. The summed E-state index contributed by atoms with van der Waals surface area (Å²) in [6, 6.07) is 6.40. The van der Waals surface area contributed by atoms with Crippen LogP contribution < -0.4 is 4.72 Å². The predicted octanol–water partition coefficient (Wildman–Crippen LogP) is 1.33. The van der Waals surface area contributed by atoms with Crippen LogP contribution in [0.5, 0.6) is 0 Å². The van der Waals surface area contributed by atoms with Gasteiger partial charge in [0.05, 0.1) is 4.90 Å². The highest BCUT2D eigenvalue weighted by Crippen LogP contribution is 2.11. The van der Waals surface area contributed by atoms with Crippen LogP contribution in [0.3, 0.4) is 0 Å². The first-order valence-electron chi connectivity index (χ1n) is 5.52. The van der Waals surface area contributed by atoms with Gasteiger partial charge in [0.1, 0.15) is 0 Å². The number of halogens is 1. The SMILES string of the molecule is O=S(=O)(NCCc1ncno1)c1ccc(CCl)cc1. The standard InChI is InChI=1S/C11H12ClN3O3S/c12-7-9-1-3-10(4-2-9)19(16,17)15-6-5-11-13-8-14-18-11/h1-4,8,15H,5-7H2. The Morgan fingerprint density at radius 1 is 1.26 bits per heavy atom. The lowest BCUT2D eigenvalue weighted by molar-refractivity contribution is 0.377. The highest BCUT2D eigenvalue weighted by atomic mass is 35.5. The van der Waals surface area contributed by atoms with Crippen molar-refractivity contribution in [2.45, 2.75) is 17.2 Å². The lowest BCUT2D eigenvalue weighted by Crippen LogP contribution is -2.26. The first-order chi connectivity index (χ1) is 9.12. The van der Waals surface area contributed by atoms with Gasteiger partial charge < -0.3 is 4.52 Å². The van der Waals surface area contributed by atoms with Crippen LogP contribution >= 0.6 is 11.6 Å². The number of hydrogen-bond donors (Lipinski definition) is 1. The summed E-state index contributed by atoms with van der Waals surface area (Å²) < 4.78 is 31.1. The summed E-state index contributed by atoms with van der Waals surface area (Å²) in [5, 5.41) is 3.44. The molecule has 0 saturated heterocycles. The zero-order valence-corrected chi connectivity index (χ0v) is 11.5. The van der Waals surface area contributed by atoms with Gasteiger partial charge in [0.2, 0.25) is 15.9 Å². The molecule has 0 amide bonds. The Labute approximate surface area is 115 Å². The topological polar surface area (TPSA) is 85.1 Å².